The van der Waals surface area contributed by atoms with Crippen LogP contribution in [0.1, 0.15) is 33.0 Å². The molecule has 2 rings (SSSR count). The fraction of sp³-hybridized carbons (Fsp3) is 0.214. The Morgan fingerprint density at radius 3 is 2.41 bits per heavy atom. The highest BCUT2D eigenvalue weighted by Crippen LogP contribution is 2.20. The molecule has 3 heteroatoms. The van der Waals surface area contributed by atoms with Crippen LogP contribution >= 0.6 is 0 Å². The lowest BCUT2D eigenvalue weighted by Crippen LogP contribution is -2.04. The van der Waals surface area contributed by atoms with E-state index in [0.29, 0.717) is 22.6 Å². The number of carbonyl (C=O) groups is 1. The van der Waals surface area contributed by atoms with E-state index >= 15 is 0 Å². The lowest BCUT2D eigenvalue weighted by atomic mass is 9.99. The first-order valence-corrected chi connectivity index (χ1v) is 5.37. The minimum Gasteiger partial charge on any atom is -0.466 e. The molecule has 17 heavy (non-hydrogen) atoms. The maximum absolute atomic E-state index is 13.2. The van der Waals surface area contributed by atoms with Crippen LogP contribution in [0.2, 0.25) is 0 Å². The Morgan fingerprint density at radius 2 is 1.82 bits per heavy atom. The molecule has 1 aromatic carbocycles. The molecule has 0 aliphatic carbocycles. The van der Waals surface area contributed by atoms with Gasteiger partial charge in [-0.05, 0) is 44.5 Å². The number of aryl methyl sites for hydroxylation is 3. The third-order valence-corrected chi connectivity index (χ3v) is 2.73. The molecule has 0 saturated heterocycles. The number of rotatable bonds is 2. The number of halogens is 1. The molecule has 2 nitrogen and oxygen atoms in total. The van der Waals surface area contributed by atoms with E-state index in [1.54, 1.807) is 32.9 Å². The molecule has 2 aromatic rings. The minimum absolute atomic E-state index is 0.198. The Kier molecular flexibility index (Phi) is 2.84. The molecule has 0 atom stereocenters. The van der Waals surface area contributed by atoms with E-state index in [1.165, 1.54) is 12.1 Å². The topological polar surface area (TPSA) is 30.2 Å². The fourth-order valence-electron chi connectivity index (χ4n) is 1.84. The van der Waals surface area contributed by atoms with Gasteiger partial charge in [-0.2, -0.15) is 0 Å². The Hall–Kier alpha value is -1.90. The van der Waals surface area contributed by atoms with Crippen molar-refractivity contribution >= 4 is 5.78 Å². The average molecular weight is 232 g/mol. The van der Waals surface area contributed by atoms with Gasteiger partial charge < -0.3 is 4.42 Å². The van der Waals surface area contributed by atoms with E-state index in [0.717, 1.165) is 5.56 Å². The lowest BCUT2D eigenvalue weighted by molar-refractivity contribution is 0.103. The van der Waals surface area contributed by atoms with E-state index in [1.807, 2.05) is 0 Å². The molecule has 0 amide bonds. The molecule has 88 valence electrons. The molecule has 0 bridgehead atoms. The highest BCUT2D eigenvalue weighted by molar-refractivity contribution is 6.10. The summed E-state index contributed by atoms with van der Waals surface area (Å²) in [6, 6.07) is 5.89. The predicted molar refractivity (Wildman–Crippen MR) is 62.8 cm³/mol. The van der Waals surface area contributed by atoms with Crippen LogP contribution in [0.5, 0.6) is 0 Å². The summed E-state index contributed by atoms with van der Waals surface area (Å²) in [5, 5.41) is 0. The van der Waals surface area contributed by atoms with Gasteiger partial charge in [-0.15, -0.1) is 0 Å². The second-order valence-corrected chi connectivity index (χ2v) is 4.12. The second-order valence-electron chi connectivity index (χ2n) is 4.12. The Labute approximate surface area is 99.1 Å². The molecule has 0 N–H and O–H groups in total. The number of ketones is 1. The van der Waals surface area contributed by atoms with Gasteiger partial charge in [0.2, 0.25) is 0 Å². The number of hydrogen-bond donors (Lipinski definition) is 0. The maximum atomic E-state index is 13.2. The molecule has 0 unspecified atom stereocenters. The van der Waals surface area contributed by atoms with E-state index < -0.39 is 5.82 Å². The summed E-state index contributed by atoms with van der Waals surface area (Å²) in [6.07, 6.45) is 0. The summed E-state index contributed by atoms with van der Waals surface area (Å²) in [6.45, 7) is 5.30. The molecule has 0 spiro atoms. The van der Waals surface area contributed by atoms with Gasteiger partial charge in [-0.1, -0.05) is 6.07 Å². The van der Waals surface area contributed by atoms with Gasteiger partial charge in [0.15, 0.2) is 5.78 Å². The van der Waals surface area contributed by atoms with Crippen LogP contribution in [0.25, 0.3) is 0 Å². The van der Waals surface area contributed by atoms with E-state index in [-0.39, 0.29) is 5.78 Å². The summed E-state index contributed by atoms with van der Waals surface area (Å²) in [4.78, 5) is 12.2. The standard InChI is InChI=1S/C14H13FO2/c1-8-4-5-11(15)7-12(8)14(16)13-6-9(2)17-10(13)3/h4-7H,1-3H3. The van der Waals surface area contributed by atoms with Crippen molar-refractivity contribution in [1.82, 2.24) is 0 Å². The summed E-state index contributed by atoms with van der Waals surface area (Å²) >= 11 is 0. The average Bonchev–Trinajstić information content (AvgIpc) is 2.60. The highest BCUT2D eigenvalue weighted by atomic mass is 19.1. The van der Waals surface area contributed by atoms with E-state index in [4.69, 9.17) is 4.42 Å². The quantitative estimate of drug-likeness (QED) is 0.741. The van der Waals surface area contributed by atoms with Crippen molar-refractivity contribution in [1.29, 1.82) is 0 Å². The number of hydrogen-bond acceptors (Lipinski definition) is 2. The number of benzene rings is 1. The summed E-state index contributed by atoms with van der Waals surface area (Å²) in [7, 11) is 0. The number of carbonyl (C=O) groups excluding carboxylic acids is 1. The fourth-order valence-corrected chi connectivity index (χ4v) is 1.84. The molecule has 1 aromatic heterocycles. The molecule has 0 saturated carbocycles. The first-order valence-electron chi connectivity index (χ1n) is 5.37. The normalized spacial score (nSPS) is 10.6. The Morgan fingerprint density at radius 1 is 1.12 bits per heavy atom. The molecular weight excluding hydrogens is 219 g/mol. The van der Waals surface area contributed by atoms with Gasteiger partial charge in [0.25, 0.3) is 0 Å². The molecule has 0 fully saturated rings. The minimum atomic E-state index is -0.406. The first-order chi connectivity index (χ1) is 7.99. The smallest absolute Gasteiger partial charge is 0.196 e. The van der Waals surface area contributed by atoms with Crippen molar-refractivity contribution in [3.05, 3.63) is 58.3 Å². The van der Waals surface area contributed by atoms with Crippen molar-refractivity contribution in [2.75, 3.05) is 0 Å². The van der Waals surface area contributed by atoms with Crippen molar-refractivity contribution in [2.45, 2.75) is 20.8 Å². The molecule has 0 aliphatic heterocycles. The van der Waals surface area contributed by atoms with Gasteiger partial charge in [0.05, 0.1) is 5.56 Å². The van der Waals surface area contributed by atoms with Gasteiger partial charge in [-0.25, -0.2) is 4.39 Å². The zero-order valence-corrected chi connectivity index (χ0v) is 10.0. The third-order valence-electron chi connectivity index (χ3n) is 2.73. The van der Waals surface area contributed by atoms with Crippen LogP contribution in [0.4, 0.5) is 4.39 Å². The van der Waals surface area contributed by atoms with Crippen LogP contribution in [0, 0.1) is 26.6 Å². The van der Waals surface area contributed by atoms with E-state index in [9.17, 15) is 9.18 Å². The van der Waals surface area contributed by atoms with Crippen LogP contribution in [0.15, 0.2) is 28.7 Å². The molecule has 0 radical (unpaired) electrons. The van der Waals surface area contributed by atoms with Crippen molar-refractivity contribution in [3.8, 4) is 0 Å². The summed E-state index contributed by atoms with van der Waals surface area (Å²) < 4.78 is 18.5. The molecular formula is C14H13FO2. The summed E-state index contributed by atoms with van der Waals surface area (Å²) in [5.41, 5.74) is 1.64. The Balaban J connectivity index is 2.50. The van der Waals surface area contributed by atoms with Gasteiger partial charge in [0.1, 0.15) is 17.3 Å². The lowest BCUT2D eigenvalue weighted by Gasteiger charge is -2.03. The second kappa shape index (κ2) is 4.17. The largest absolute Gasteiger partial charge is 0.466 e. The highest BCUT2D eigenvalue weighted by Gasteiger charge is 2.17. The zero-order valence-electron chi connectivity index (χ0n) is 10.0. The SMILES string of the molecule is Cc1cc(C(=O)c2cc(F)ccc2C)c(C)o1. The van der Waals surface area contributed by atoms with Crippen molar-refractivity contribution in [2.24, 2.45) is 0 Å². The van der Waals surface area contributed by atoms with Crippen molar-refractivity contribution < 1.29 is 13.6 Å². The molecule has 1 heterocycles. The van der Waals surface area contributed by atoms with Crippen molar-refractivity contribution in [3.63, 3.8) is 0 Å². The van der Waals surface area contributed by atoms with Gasteiger partial charge in [0, 0.05) is 5.56 Å². The first kappa shape index (κ1) is 11.6. The van der Waals surface area contributed by atoms with Crippen LogP contribution in [0.3, 0.4) is 0 Å². The summed E-state index contributed by atoms with van der Waals surface area (Å²) in [5.74, 6) is 0.643. The zero-order chi connectivity index (χ0) is 12.6. The van der Waals surface area contributed by atoms with Gasteiger partial charge >= 0.3 is 0 Å². The van der Waals surface area contributed by atoms with Gasteiger partial charge in [-0.3, -0.25) is 4.79 Å². The third kappa shape index (κ3) is 2.13. The molecule has 0 aliphatic rings. The number of furan rings is 1. The van der Waals surface area contributed by atoms with E-state index in [2.05, 4.69) is 0 Å². The van der Waals surface area contributed by atoms with Crippen LogP contribution < -0.4 is 0 Å². The maximum Gasteiger partial charge on any atom is 0.196 e. The van der Waals surface area contributed by atoms with Crippen LogP contribution in [-0.2, 0) is 0 Å². The Bertz CT molecular complexity index is 582. The predicted octanol–water partition coefficient (Wildman–Crippen LogP) is 3.57. The van der Waals surface area contributed by atoms with Crippen LogP contribution in [-0.4, -0.2) is 5.78 Å². The monoisotopic (exact) mass is 232 g/mol.